The number of halogens is 1. The van der Waals surface area contributed by atoms with Crippen molar-refractivity contribution in [3.05, 3.63) is 52.0 Å². The van der Waals surface area contributed by atoms with Gasteiger partial charge in [0.1, 0.15) is 6.61 Å². The van der Waals surface area contributed by atoms with Crippen LogP contribution in [0.15, 0.2) is 40.6 Å². The second-order valence-electron chi connectivity index (χ2n) is 3.97. The molecule has 0 aliphatic carbocycles. The molecule has 3 nitrogen and oxygen atoms in total. The maximum absolute atomic E-state index is 12.7. The van der Waals surface area contributed by atoms with E-state index in [1.807, 2.05) is 6.92 Å². The van der Waals surface area contributed by atoms with Gasteiger partial charge >= 0.3 is 0 Å². The summed E-state index contributed by atoms with van der Waals surface area (Å²) in [7, 11) is -3.80. The summed E-state index contributed by atoms with van der Waals surface area (Å²) in [6.07, 6.45) is 0. The van der Waals surface area contributed by atoms with Crippen LogP contribution in [-0.2, 0) is 14.3 Å². The molecule has 1 heterocycles. The van der Waals surface area contributed by atoms with Crippen molar-refractivity contribution in [3.63, 3.8) is 0 Å². The summed E-state index contributed by atoms with van der Waals surface area (Å²) in [5.74, 6) is 5.17. The molecule has 2 aromatic rings. The van der Waals surface area contributed by atoms with Crippen molar-refractivity contribution in [1.29, 1.82) is 0 Å². The van der Waals surface area contributed by atoms with E-state index in [9.17, 15) is 12.8 Å². The topological polar surface area (TPSA) is 43.4 Å². The highest BCUT2D eigenvalue weighted by Crippen LogP contribution is 2.13. The van der Waals surface area contributed by atoms with Crippen LogP contribution in [0.25, 0.3) is 0 Å². The Bertz CT molecular complexity index is 750. The molecule has 1 aromatic carbocycles. The van der Waals surface area contributed by atoms with Crippen LogP contribution in [0, 0.1) is 23.9 Å². The van der Waals surface area contributed by atoms with Crippen molar-refractivity contribution in [2.45, 2.75) is 11.8 Å². The van der Waals surface area contributed by atoms with E-state index in [-0.39, 0.29) is 16.6 Å². The van der Waals surface area contributed by atoms with Crippen molar-refractivity contribution >= 4 is 21.5 Å². The van der Waals surface area contributed by atoms with E-state index in [1.165, 1.54) is 18.2 Å². The van der Waals surface area contributed by atoms with Crippen LogP contribution in [0.4, 0.5) is 4.39 Å². The Morgan fingerprint density at radius 3 is 2.60 bits per heavy atom. The van der Waals surface area contributed by atoms with E-state index in [0.717, 1.165) is 16.9 Å². The summed E-state index contributed by atoms with van der Waals surface area (Å²) in [6.45, 7) is 1.59. The number of hydrogen-bond donors (Lipinski definition) is 0. The molecule has 20 heavy (non-hydrogen) atoms. The molecule has 0 unspecified atom stereocenters. The number of thiophene rings is 1. The van der Waals surface area contributed by atoms with Crippen LogP contribution < -0.4 is 0 Å². The van der Waals surface area contributed by atoms with Gasteiger partial charge in [-0.3, -0.25) is 4.18 Å². The first kappa shape index (κ1) is 14.7. The Morgan fingerprint density at radius 2 is 2.00 bits per heavy atom. The highest BCUT2D eigenvalue weighted by atomic mass is 32.2. The molecule has 1 aromatic heterocycles. The van der Waals surface area contributed by atoms with Gasteiger partial charge in [0.25, 0.3) is 10.1 Å². The van der Waals surface area contributed by atoms with Gasteiger partial charge in [0.15, 0.2) is 5.13 Å². The van der Waals surface area contributed by atoms with Crippen LogP contribution in [0.2, 0.25) is 0 Å². The molecule has 0 saturated heterocycles. The number of benzene rings is 1. The maximum atomic E-state index is 12.7. The summed E-state index contributed by atoms with van der Waals surface area (Å²) < 4.78 is 41.1. The predicted molar refractivity (Wildman–Crippen MR) is 75.5 cm³/mol. The second kappa shape index (κ2) is 6.18. The molecule has 0 saturated carbocycles. The van der Waals surface area contributed by atoms with Crippen molar-refractivity contribution in [3.8, 4) is 11.8 Å². The van der Waals surface area contributed by atoms with Gasteiger partial charge in [-0.15, -0.1) is 11.3 Å². The molecule has 0 radical (unpaired) electrons. The van der Waals surface area contributed by atoms with E-state index in [0.29, 0.717) is 5.56 Å². The fourth-order valence-electron chi connectivity index (χ4n) is 1.39. The fraction of sp³-hybridized carbons (Fsp3) is 0.143. The SMILES string of the molecule is Cc1ccc(S(=O)(=O)OCC#Cc2csc(F)c2)cc1. The lowest BCUT2D eigenvalue weighted by Crippen LogP contribution is -2.06. The van der Waals surface area contributed by atoms with Crippen LogP contribution >= 0.6 is 11.3 Å². The van der Waals surface area contributed by atoms with Gasteiger partial charge in [0, 0.05) is 17.0 Å². The molecular formula is C14H11FO3S2. The van der Waals surface area contributed by atoms with Gasteiger partial charge in [0.2, 0.25) is 0 Å². The molecule has 0 amide bonds. The summed E-state index contributed by atoms with van der Waals surface area (Å²) in [5, 5.41) is 1.22. The van der Waals surface area contributed by atoms with Gasteiger partial charge in [0.05, 0.1) is 4.90 Å². The van der Waals surface area contributed by atoms with E-state index in [4.69, 9.17) is 4.18 Å². The first-order valence-corrected chi connectivity index (χ1v) is 7.95. The van der Waals surface area contributed by atoms with Crippen molar-refractivity contribution in [1.82, 2.24) is 0 Å². The average molecular weight is 310 g/mol. The zero-order chi connectivity index (χ0) is 14.6. The highest BCUT2D eigenvalue weighted by molar-refractivity contribution is 7.86. The van der Waals surface area contributed by atoms with Crippen molar-refractivity contribution < 1.29 is 17.0 Å². The highest BCUT2D eigenvalue weighted by Gasteiger charge is 2.13. The summed E-state index contributed by atoms with van der Waals surface area (Å²) in [4.78, 5) is 0.0893. The Hall–Kier alpha value is -1.68. The Kier molecular flexibility index (Phi) is 4.55. The third-order valence-corrected chi connectivity index (χ3v) is 4.39. The van der Waals surface area contributed by atoms with Crippen molar-refractivity contribution in [2.75, 3.05) is 6.61 Å². The van der Waals surface area contributed by atoms with E-state index < -0.39 is 10.1 Å². The lowest BCUT2D eigenvalue weighted by atomic mass is 10.2. The smallest absolute Gasteiger partial charge is 0.253 e. The van der Waals surface area contributed by atoms with Gasteiger partial charge in [-0.25, -0.2) is 0 Å². The first-order valence-electron chi connectivity index (χ1n) is 5.66. The van der Waals surface area contributed by atoms with Crippen LogP contribution in [0.5, 0.6) is 0 Å². The minimum absolute atomic E-state index is 0.0893. The van der Waals surface area contributed by atoms with Crippen molar-refractivity contribution in [2.24, 2.45) is 0 Å². The Morgan fingerprint density at radius 1 is 1.30 bits per heavy atom. The molecule has 2 rings (SSSR count). The second-order valence-corrected chi connectivity index (χ2v) is 6.45. The predicted octanol–water partition coefficient (Wildman–Crippen LogP) is 2.95. The average Bonchev–Trinajstić information content (AvgIpc) is 2.81. The number of aryl methyl sites for hydroxylation is 1. The van der Waals surface area contributed by atoms with Gasteiger partial charge < -0.3 is 0 Å². The number of hydrogen-bond acceptors (Lipinski definition) is 4. The normalized spacial score (nSPS) is 10.9. The minimum Gasteiger partial charge on any atom is -0.253 e. The molecular weight excluding hydrogens is 299 g/mol. The van der Waals surface area contributed by atoms with Crippen LogP contribution in [-0.4, -0.2) is 15.0 Å². The maximum Gasteiger partial charge on any atom is 0.297 e. The zero-order valence-electron chi connectivity index (χ0n) is 10.6. The molecule has 6 heteroatoms. The van der Waals surface area contributed by atoms with E-state index in [2.05, 4.69) is 11.8 Å². The van der Waals surface area contributed by atoms with Crippen LogP contribution in [0.1, 0.15) is 11.1 Å². The third-order valence-electron chi connectivity index (χ3n) is 2.40. The zero-order valence-corrected chi connectivity index (χ0v) is 12.2. The Labute approximate surface area is 121 Å². The molecule has 0 aliphatic rings. The molecule has 0 atom stereocenters. The van der Waals surface area contributed by atoms with Gasteiger partial charge in [-0.1, -0.05) is 29.5 Å². The summed E-state index contributed by atoms with van der Waals surface area (Å²) in [6, 6.07) is 7.62. The van der Waals surface area contributed by atoms with Crippen LogP contribution in [0.3, 0.4) is 0 Å². The lowest BCUT2D eigenvalue weighted by Gasteiger charge is -2.02. The minimum atomic E-state index is -3.80. The molecule has 0 fully saturated rings. The lowest BCUT2D eigenvalue weighted by molar-refractivity contribution is 0.363. The molecule has 104 valence electrons. The molecule has 0 bridgehead atoms. The largest absolute Gasteiger partial charge is 0.297 e. The molecule has 0 spiro atoms. The molecule has 0 aliphatic heterocycles. The number of rotatable bonds is 3. The third kappa shape index (κ3) is 3.90. The first-order chi connectivity index (χ1) is 9.47. The molecule has 0 N–H and O–H groups in total. The fourth-order valence-corrected chi connectivity index (χ4v) is 2.77. The summed E-state index contributed by atoms with van der Waals surface area (Å²) in [5.41, 5.74) is 1.46. The standard InChI is InChI=1S/C14H11FO3S2/c1-11-4-6-13(7-5-11)20(16,17)18-8-2-3-12-9-14(15)19-10-12/h4-7,9-10H,8H2,1H3. The monoisotopic (exact) mass is 310 g/mol. The van der Waals surface area contributed by atoms with E-state index in [1.54, 1.807) is 17.5 Å². The van der Waals surface area contributed by atoms with E-state index >= 15 is 0 Å². The van der Waals surface area contributed by atoms with Gasteiger partial charge in [-0.05, 0) is 19.1 Å². The Balaban J connectivity index is 2.00. The quantitative estimate of drug-likeness (QED) is 0.646. The summed E-state index contributed by atoms with van der Waals surface area (Å²) >= 11 is 0.938. The van der Waals surface area contributed by atoms with Gasteiger partial charge in [-0.2, -0.15) is 12.8 Å².